The summed E-state index contributed by atoms with van der Waals surface area (Å²) in [6.45, 7) is 1.73. The second-order valence-electron chi connectivity index (χ2n) is 5.33. The van der Waals surface area contributed by atoms with Gasteiger partial charge in [-0.25, -0.2) is 0 Å². The third-order valence-corrected chi connectivity index (χ3v) is 4.02. The molecular weight excluding hydrogens is 276 g/mol. The average Bonchev–Trinajstić information content (AvgIpc) is 2.57. The predicted molar refractivity (Wildman–Crippen MR) is 84.5 cm³/mol. The molecule has 0 aromatic heterocycles. The van der Waals surface area contributed by atoms with E-state index in [0.29, 0.717) is 28.7 Å². The van der Waals surface area contributed by atoms with Gasteiger partial charge >= 0.3 is 0 Å². The van der Waals surface area contributed by atoms with Gasteiger partial charge in [-0.2, -0.15) is 0 Å². The lowest BCUT2D eigenvalue weighted by molar-refractivity contribution is 0.0973. The Morgan fingerprint density at radius 1 is 0.864 bits per heavy atom. The first kappa shape index (κ1) is 14.3. The lowest BCUT2D eigenvalue weighted by atomic mass is 9.82. The lowest BCUT2D eigenvalue weighted by Gasteiger charge is -2.19. The van der Waals surface area contributed by atoms with Gasteiger partial charge in [0.15, 0.2) is 11.6 Å². The molecule has 0 radical (unpaired) electrons. The van der Waals surface area contributed by atoms with Gasteiger partial charge in [-0.15, -0.1) is 0 Å². The molecule has 0 atom stereocenters. The van der Waals surface area contributed by atoms with Crippen LogP contribution in [0.1, 0.15) is 33.2 Å². The Labute approximate surface area is 129 Å². The van der Waals surface area contributed by atoms with Crippen LogP contribution in [-0.4, -0.2) is 18.7 Å². The van der Waals surface area contributed by atoms with Crippen LogP contribution in [0.3, 0.4) is 0 Å². The van der Waals surface area contributed by atoms with Crippen LogP contribution in [0.4, 0.5) is 0 Å². The van der Waals surface area contributed by atoms with E-state index in [1.807, 2.05) is 24.3 Å². The van der Waals surface area contributed by atoms with Crippen LogP contribution in [0.15, 0.2) is 59.7 Å². The summed E-state index contributed by atoms with van der Waals surface area (Å²) in [6.07, 6.45) is 0.453. The molecule has 0 amide bonds. The first-order valence-electron chi connectivity index (χ1n) is 7.13. The molecular formula is C19H16O3. The highest BCUT2D eigenvalue weighted by molar-refractivity contribution is 6.26. The molecule has 0 heterocycles. The van der Waals surface area contributed by atoms with Gasteiger partial charge in [0.1, 0.15) is 5.75 Å². The predicted octanol–water partition coefficient (Wildman–Crippen LogP) is 3.63. The van der Waals surface area contributed by atoms with E-state index >= 15 is 0 Å². The summed E-state index contributed by atoms with van der Waals surface area (Å²) in [6, 6.07) is 14.5. The molecule has 2 aromatic rings. The smallest absolute Gasteiger partial charge is 0.190 e. The summed E-state index contributed by atoms with van der Waals surface area (Å²) in [4.78, 5) is 25.1. The maximum Gasteiger partial charge on any atom is 0.190 e. The SMILES string of the molecule is COc1ccc(CC2=C(C)C(=O)c3ccccc3C2=O)cc1. The zero-order valence-electron chi connectivity index (χ0n) is 12.6. The highest BCUT2D eigenvalue weighted by Crippen LogP contribution is 2.28. The molecule has 0 bridgehead atoms. The van der Waals surface area contributed by atoms with E-state index in [9.17, 15) is 9.59 Å². The van der Waals surface area contributed by atoms with Crippen molar-refractivity contribution < 1.29 is 14.3 Å². The maximum absolute atomic E-state index is 12.7. The minimum absolute atomic E-state index is 0.0523. The zero-order chi connectivity index (χ0) is 15.7. The number of carbonyl (C=O) groups excluding carboxylic acids is 2. The molecule has 3 heteroatoms. The molecule has 22 heavy (non-hydrogen) atoms. The zero-order valence-corrected chi connectivity index (χ0v) is 12.6. The largest absolute Gasteiger partial charge is 0.497 e. The summed E-state index contributed by atoms with van der Waals surface area (Å²) in [5.41, 5.74) is 3.11. The van der Waals surface area contributed by atoms with Crippen molar-refractivity contribution in [1.29, 1.82) is 0 Å². The molecule has 3 rings (SSSR count). The fraction of sp³-hybridized carbons (Fsp3) is 0.158. The second kappa shape index (κ2) is 5.60. The second-order valence-corrected chi connectivity index (χ2v) is 5.33. The van der Waals surface area contributed by atoms with E-state index in [-0.39, 0.29) is 11.6 Å². The van der Waals surface area contributed by atoms with Crippen LogP contribution in [0, 0.1) is 0 Å². The first-order chi connectivity index (χ1) is 10.6. The number of carbonyl (C=O) groups is 2. The molecule has 1 aliphatic rings. The summed E-state index contributed by atoms with van der Waals surface area (Å²) in [7, 11) is 1.61. The minimum Gasteiger partial charge on any atom is -0.497 e. The summed E-state index contributed by atoms with van der Waals surface area (Å²) in [5.74, 6) is 0.660. The molecule has 0 unspecified atom stereocenters. The normalized spacial score (nSPS) is 14.1. The van der Waals surface area contributed by atoms with Crippen molar-refractivity contribution in [3.8, 4) is 5.75 Å². The van der Waals surface area contributed by atoms with Gasteiger partial charge in [-0.05, 0) is 24.6 Å². The molecule has 0 saturated heterocycles. The highest BCUT2D eigenvalue weighted by Gasteiger charge is 2.29. The van der Waals surface area contributed by atoms with Gasteiger partial charge in [0.05, 0.1) is 7.11 Å². The van der Waals surface area contributed by atoms with E-state index in [4.69, 9.17) is 4.74 Å². The van der Waals surface area contributed by atoms with Crippen molar-refractivity contribution in [2.45, 2.75) is 13.3 Å². The third kappa shape index (κ3) is 2.35. The molecule has 0 saturated carbocycles. The van der Waals surface area contributed by atoms with E-state index in [2.05, 4.69) is 0 Å². The van der Waals surface area contributed by atoms with Gasteiger partial charge in [-0.1, -0.05) is 36.4 Å². The van der Waals surface area contributed by atoms with E-state index in [1.54, 1.807) is 38.3 Å². The molecule has 3 nitrogen and oxygen atoms in total. The Morgan fingerprint density at radius 2 is 1.45 bits per heavy atom. The van der Waals surface area contributed by atoms with Crippen molar-refractivity contribution in [3.63, 3.8) is 0 Å². The van der Waals surface area contributed by atoms with Crippen LogP contribution in [0.2, 0.25) is 0 Å². The number of methoxy groups -OCH3 is 1. The number of allylic oxidation sites excluding steroid dienone is 2. The van der Waals surface area contributed by atoms with Crippen LogP contribution in [0.25, 0.3) is 0 Å². The van der Waals surface area contributed by atoms with Crippen molar-refractivity contribution in [2.24, 2.45) is 0 Å². The molecule has 0 spiro atoms. The first-order valence-corrected chi connectivity index (χ1v) is 7.13. The van der Waals surface area contributed by atoms with Crippen LogP contribution < -0.4 is 4.74 Å². The van der Waals surface area contributed by atoms with E-state index < -0.39 is 0 Å². The number of ketones is 2. The van der Waals surface area contributed by atoms with Crippen LogP contribution in [-0.2, 0) is 6.42 Å². The molecule has 110 valence electrons. The average molecular weight is 292 g/mol. The number of hydrogen-bond acceptors (Lipinski definition) is 3. The fourth-order valence-electron chi connectivity index (χ4n) is 2.71. The standard InChI is InChI=1S/C19H16O3/c1-12-17(11-13-7-9-14(22-2)10-8-13)19(21)16-6-4-3-5-15(16)18(12)20/h3-10H,11H2,1-2H3. The van der Waals surface area contributed by atoms with E-state index in [1.165, 1.54) is 0 Å². The summed E-state index contributed by atoms with van der Waals surface area (Å²) in [5, 5.41) is 0. The van der Waals surface area contributed by atoms with Crippen molar-refractivity contribution >= 4 is 11.6 Å². The molecule has 2 aromatic carbocycles. The molecule has 0 fully saturated rings. The lowest BCUT2D eigenvalue weighted by Crippen LogP contribution is -2.22. The number of benzene rings is 2. The van der Waals surface area contributed by atoms with E-state index in [0.717, 1.165) is 11.3 Å². The number of fused-ring (bicyclic) bond motifs is 1. The Hall–Kier alpha value is -2.68. The highest BCUT2D eigenvalue weighted by atomic mass is 16.5. The Balaban J connectivity index is 1.97. The fourth-order valence-corrected chi connectivity index (χ4v) is 2.71. The minimum atomic E-state index is -0.0567. The van der Waals surface area contributed by atoms with Crippen molar-refractivity contribution in [1.82, 2.24) is 0 Å². The molecule has 0 aliphatic heterocycles. The maximum atomic E-state index is 12.7. The molecule has 1 aliphatic carbocycles. The topological polar surface area (TPSA) is 43.4 Å². The van der Waals surface area contributed by atoms with Gasteiger partial charge in [0.25, 0.3) is 0 Å². The Morgan fingerprint density at radius 3 is 2.05 bits per heavy atom. The van der Waals surface area contributed by atoms with Crippen LogP contribution >= 0.6 is 0 Å². The van der Waals surface area contributed by atoms with Gasteiger partial charge in [0, 0.05) is 28.7 Å². The quantitative estimate of drug-likeness (QED) is 0.867. The third-order valence-electron chi connectivity index (χ3n) is 4.02. The Bertz CT molecular complexity index is 783. The van der Waals surface area contributed by atoms with Gasteiger partial charge < -0.3 is 4.74 Å². The Kier molecular flexibility index (Phi) is 3.63. The molecule has 0 N–H and O–H groups in total. The summed E-state index contributed by atoms with van der Waals surface area (Å²) >= 11 is 0. The van der Waals surface area contributed by atoms with Gasteiger partial charge in [-0.3, -0.25) is 9.59 Å². The van der Waals surface area contributed by atoms with Gasteiger partial charge in [0.2, 0.25) is 0 Å². The van der Waals surface area contributed by atoms with Crippen molar-refractivity contribution in [2.75, 3.05) is 7.11 Å². The van der Waals surface area contributed by atoms with Crippen LogP contribution in [0.5, 0.6) is 5.75 Å². The number of hydrogen-bond donors (Lipinski definition) is 0. The number of Topliss-reactive ketones (excluding diaryl/α,β-unsaturated/α-hetero) is 2. The number of ether oxygens (including phenoxy) is 1. The monoisotopic (exact) mass is 292 g/mol. The summed E-state index contributed by atoms with van der Waals surface area (Å²) < 4.78 is 5.13. The van der Waals surface area contributed by atoms with Crippen molar-refractivity contribution in [3.05, 3.63) is 76.4 Å². The number of rotatable bonds is 3.